The second-order valence-electron chi connectivity index (χ2n) is 6.22. The molecule has 0 atom stereocenters. The van der Waals surface area contributed by atoms with Gasteiger partial charge in [-0.3, -0.25) is 0 Å². The number of hydrogen-bond acceptors (Lipinski definition) is 3. The monoisotopic (exact) mass is 260 g/mol. The smallest absolute Gasteiger partial charge is 0.144 e. The van der Waals surface area contributed by atoms with E-state index in [1.807, 2.05) is 32.0 Å². The first-order valence-electron chi connectivity index (χ1n) is 6.20. The minimum atomic E-state index is -0.329. The molecule has 18 heavy (non-hydrogen) atoms. The minimum absolute atomic E-state index is 0.00365. The van der Waals surface area contributed by atoms with E-state index >= 15 is 0 Å². The summed E-state index contributed by atoms with van der Waals surface area (Å²) in [5, 5.41) is 1.13. The van der Waals surface area contributed by atoms with Crippen LogP contribution in [0, 0.1) is 0 Å². The average molecular weight is 260 g/mol. The molecule has 0 spiro atoms. The van der Waals surface area contributed by atoms with Gasteiger partial charge in [-0.25, -0.2) is 9.97 Å². The van der Waals surface area contributed by atoms with Crippen LogP contribution in [-0.2, 0) is 10.2 Å². The van der Waals surface area contributed by atoms with Crippen molar-refractivity contribution in [1.29, 1.82) is 0 Å². The highest BCUT2D eigenvalue weighted by Crippen LogP contribution is 2.31. The van der Waals surface area contributed by atoms with Crippen LogP contribution in [0.3, 0.4) is 0 Å². The molecule has 0 amide bonds. The second-order valence-corrected chi connectivity index (χ2v) is 7.34. The van der Waals surface area contributed by atoms with Crippen LogP contribution < -0.4 is 0 Å². The standard InChI is InChI=1S/C15H20N2S/c1-14(2,3)12-10-8-6-7-9-11(10)16-13(17-12)15(4,5)18/h6-9,18H,1-5H3. The fourth-order valence-electron chi connectivity index (χ4n) is 1.92. The van der Waals surface area contributed by atoms with Gasteiger partial charge < -0.3 is 0 Å². The summed E-state index contributed by atoms with van der Waals surface area (Å²) in [4.78, 5) is 9.39. The summed E-state index contributed by atoms with van der Waals surface area (Å²) < 4.78 is -0.329. The molecule has 2 aromatic rings. The zero-order valence-corrected chi connectivity index (χ0v) is 12.5. The topological polar surface area (TPSA) is 25.8 Å². The third kappa shape index (κ3) is 2.51. The van der Waals surface area contributed by atoms with Crippen molar-refractivity contribution in [1.82, 2.24) is 9.97 Å². The second kappa shape index (κ2) is 4.23. The lowest BCUT2D eigenvalue weighted by Gasteiger charge is -2.24. The van der Waals surface area contributed by atoms with E-state index in [0.29, 0.717) is 0 Å². The molecule has 1 heterocycles. The number of aromatic nitrogens is 2. The van der Waals surface area contributed by atoms with Crippen molar-refractivity contribution in [3.8, 4) is 0 Å². The molecule has 0 N–H and O–H groups in total. The number of rotatable bonds is 1. The minimum Gasteiger partial charge on any atom is -0.235 e. The Morgan fingerprint density at radius 3 is 2.11 bits per heavy atom. The molecule has 0 aliphatic carbocycles. The van der Waals surface area contributed by atoms with E-state index in [-0.39, 0.29) is 10.2 Å². The van der Waals surface area contributed by atoms with Crippen molar-refractivity contribution in [3.63, 3.8) is 0 Å². The Labute approximate surface area is 114 Å². The molecular weight excluding hydrogens is 240 g/mol. The van der Waals surface area contributed by atoms with E-state index in [1.165, 1.54) is 0 Å². The fourth-order valence-corrected chi connectivity index (χ4v) is 2.02. The van der Waals surface area contributed by atoms with Gasteiger partial charge in [0.15, 0.2) is 0 Å². The number of benzene rings is 1. The summed E-state index contributed by atoms with van der Waals surface area (Å²) in [7, 11) is 0. The lowest BCUT2D eigenvalue weighted by molar-refractivity contribution is 0.563. The van der Waals surface area contributed by atoms with Crippen LogP contribution in [-0.4, -0.2) is 9.97 Å². The van der Waals surface area contributed by atoms with Crippen molar-refractivity contribution in [2.75, 3.05) is 0 Å². The maximum Gasteiger partial charge on any atom is 0.144 e. The Morgan fingerprint density at radius 2 is 1.56 bits per heavy atom. The van der Waals surface area contributed by atoms with Crippen molar-refractivity contribution in [2.24, 2.45) is 0 Å². The van der Waals surface area contributed by atoms with Gasteiger partial charge in [-0.05, 0) is 19.9 Å². The third-order valence-electron chi connectivity index (χ3n) is 2.86. The van der Waals surface area contributed by atoms with E-state index in [4.69, 9.17) is 4.98 Å². The third-order valence-corrected chi connectivity index (χ3v) is 3.06. The molecule has 2 rings (SSSR count). The molecule has 1 aromatic carbocycles. The predicted molar refractivity (Wildman–Crippen MR) is 80.3 cm³/mol. The number of nitrogens with zero attached hydrogens (tertiary/aromatic N) is 2. The molecule has 96 valence electrons. The van der Waals surface area contributed by atoms with Gasteiger partial charge in [-0.1, -0.05) is 39.0 Å². The Hall–Kier alpha value is -1.09. The van der Waals surface area contributed by atoms with Crippen molar-refractivity contribution < 1.29 is 0 Å². The van der Waals surface area contributed by atoms with E-state index < -0.39 is 0 Å². The number of hydrogen-bond donors (Lipinski definition) is 1. The molecule has 0 aliphatic heterocycles. The summed E-state index contributed by atoms with van der Waals surface area (Å²) in [6.45, 7) is 10.6. The molecule has 2 nitrogen and oxygen atoms in total. The van der Waals surface area contributed by atoms with Gasteiger partial charge in [0.1, 0.15) is 5.82 Å². The zero-order chi connectivity index (χ0) is 13.6. The molecule has 0 unspecified atom stereocenters. The van der Waals surface area contributed by atoms with Gasteiger partial charge >= 0.3 is 0 Å². The lowest BCUT2D eigenvalue weighted by atomic mass is 9.89. The van der Waals surface area contributed by atoms with Crippen LogP contribution in [0.25, 0.3) is 10.9 Å². The van der Waals surface area contributed by atoms with E-state index in [9.17, 15) is 0 Å². The Morgan fingerprint density at radius 1 is 0.944 bits per heavy atom. The molecule has 1 aromatic heterocycles. The summed E-state index contributed by atoms with van der Waals surface area (Å²) in [5.41, 5.74) is 2.08. The normalized spacial score (nSPS) is 13.0. The van der Waals surface area contributed by atoms with Gasteiger partial charge in [-0.15, -0.1) is 0 Å². The number of para-hydroxylation sites is 1. The Kier molecular flexibility index (Phi) is 3.14. The fraction of sp³-hybridized carbons (Fsp3) is 0.467. The molecule has 3 heteroatoms. The first-order chi connectivity index (χ1) is 8.19. The van der Waals surface area contributed by atoms with Crippen LogP contribution in [0.5, 0.6) is 0 Å². The molecule has 0 saturated carbocycles. The predicted octanol–water partition coefficient (Wildman–Crippen LogP) is 4.09. The summed E-state index contributed by atoms with van der Waals surface area (Å²) in [6, 6.07) is 8.17. The maximum absolute atomic E-state index is 4.76. The van der Waals surface area contributed by atoms with Crippen molar-refractivity contribution >= 4 is 23.5 Å². The Balaban J connectivity index is 2.81. The molecular formula is C15H20N2S. The van der Waals surface area contributed by atoms with Gasteiger partial charge in [-0.2, -0.15) is 12.6 Å². The van der Waals surface area contributed by atoms with Crippen LogP contribution >= 0.6 is 12.6 Å². The first kappa shape index (κ1) is 13.3. The number of thiol groups is 1. The van der Waals surface area contributed by atoms with Gasteiger partial charge in [0, 0.05) is 10.8 Å². The summed E-state index contributed by atoms with van der Waals surface area (Å²) in [6.07, 6.45) is 0. The largest absolute Gasteiger partial charge is 0.235 e. The van der Waals surface area contributed by atoms with Crippen LogP contribution in [0.1, 0.15) is 46.1 Å². The van der Waals surface area contributed by atoms with E-state index in [0.717, 1.165) is 22.4 Å². The zero-order valence-electron chi connectivity index (χ0n) is 11.7. The molecule has 0 bridgehead atoms. The SMILES string of the molecule is CC(C)(C)c1nc(C(C)(C)S)nc2ccccc12. The van der Waals surface area contributed by atoms with Crippen LogP contribution in [0.15, 0.2) is 24.3 Å². The Bertz CT molecular complexity index is 577. The molecule has 0 aliphatic rings. The van der Waals surface area contributed by atoms with Crippen LogP contribution in [0.4, 0.5) is 0 Å². The molecule has 0 saturated heterocycles. The molecule has 0 radical (unpaired) electrons. The van der Waals surface area contributed by atoms with Crippen LogP contribution in [0.2, 0.25) is 0 Å². The summed E-state index contributed by atoms with van der Waals surface area (Å²) >= 11 is 4.59. The van der Waals surface area contributed by atoms with E-state index in [2.05, 4.69) is 44.5 Å². The highest BCUT2D eigenvalue weighted by Gasteiger charge is 2.25. The van der Waals surface area contributed by atoms with Gasteiger partial charge in [0.2, 0.25) is 0 Å². The molecule has 0 fully saturated rings. The lowest BCUT2D eigenvalue weighted by Crippen LogP contribution is -2.20. The van der Waals surface area contributed by atoms with Crippen molar-refractivity contribution in [3.05, 3.63) is 35.8 Å². The highest BCUT2D eigenvalue weighted by molar-refractivity contribution is 7.81. The quantitative estimate of drug-likeness (QED) is 0.781. The summed E-state index contributed by atoms with van der Waals surface area (Å²) in [5.74, 6) is 0.787. The van der Waals surface area contributed by atoms with Gasteiger partial charge in [0.25, 0.3) is 0 Å². The highest BCUT2D eigenvalue weighted by atomic mass is 32.1. The van der Waals surface area contributed by atoms with E-state index in [1.54, 1.807) is 0 Å². The average Bonchev–Trinajstić information content (AvgIpc) is 2.25. The van der Waals surface area contributed by atoms with Gasteiger partial charge in [0.05, 0.1) is 16.0 Å². The van der Waals surface area contributed by atoms with Crippen molar-refractivity contribution in [2.45, 2.75) is 44.8 Å². The number of fused-ring (bicyclic) bond motifs is 1. The first-order valence-corrected chi connectivity index (χ1v) is 6.64. The maximum atomic E-state index is 4.76.